The first-order chi connectivity index (χ1) is 8.67. The standard InChI is InChI=1S/C14H21BrN2O/c1-3-7-17-8-6-13(16)14(17)11-9-10(18-2)4-5-12(11)15/h4-5,9,13-14H,3,6-8,16H2,1-2H3. The number of hydrogen-bond acceptors (Lipinski definition) is 3. The molecule has 1 saturated heterocycles. The summed E-state index contributed by atoms with van der Waals surface area (Å²) in [5, 5.41) is 0. The van der Waals surface area contributed by atoms with E-state index in [1.165, 1.54) is 5.56 Å². The third-order valence-corrected chi connectivity index (χ3v) is 4.30. The number of methoxy groups -OCH3 is 1. The van der Waals surface area contributed by atoms with Crippen LogP contribution in [0.15, 0.2) is 22.7 Å². The van der Waals surface area contributed by atoms with Gasteiger partial charge in [-0.05, 0) is 43.1 Å². The van der Waals surface area contributed by atoms with Crippen LogP contribution >= 0.6 is 15.9 Å². The second kappa shape index (κ2) is 6.04. The zero-order chi connectivity index (χ0) is 13.1. The highest BCUT2D eigenvalue weighted by atomic mass is 79.9. The Morgan fingerprint density at radius 3 is 2.94 bits per heavy atom. The van der Waals surface area contributed by atoms with Gasteiger partial charge in [0.05, 0.1) is 13.2 Å². The monoisotopic (exact) mass is 312 g/mol. The molecule has 0 bridgehead atoms. The molecular weight excluding hydrogens is 292 g/mol. The van der Waals surface area contributed by atoms with Crippen LogP contribution in [0.3, 0.4) is 0 Å². The third-order valence-electron chi connectivity index (χ3n) is 3.58. The molecule has 0 aliphatic carbocycles. The number of nitrogens with zero attached hydrogens (tertiary/aromatic N) is 1. The normalized spacial score (nSPS) is 24.4. The van der Waals surface area contributed by atoms with Crippen molar-refractivity contribution < 1.29 is 4.74 Å². The van der Waals surface area contributed by atoms with Gasteiger partial charge in [-0.3, -0.25) is 4.90 Å². The van der Waals surface area contributed by atoms with E-state index in [9.17, 15) is 0 Å². The molecule has 1 aliphatic rings. The first kappa shape index (κ1) is 13.8. The minimum absolute atomic E-state index is 0.208. The fourth-order valence-corrected chi connectivity index (χ4v) is 3.20. The Kier molecular flexibility index (Phi) is 4.65. The van der Waals surface area contributed by atoms with Crippen LogP contribution in [0.1, 0.15) is 31.4 Å². The van der Waals surface area contributed by atoms with Crippen LogP contribution in [-0.2, 0) is 0 Å². The molecule has 3 nitrogen and oxygen atoms in total. The van der Waals surface area contributed by atoms with E-state index in [2.05, 4.69) is 33.8 Å². The van der Waals surface area contributed by atoms with Crippen LogP contribution in [0.2, 0.25) is 0 Å². The van der Waals surface area contributed by atoms with E-state index < -0.39 is 0 Å². The molecule has 0 radical (unpaired) electrons. The first-order valence-corrected chi connectivity index (χ1v) is 7.29. The van der Waals surface area contributed by atoms with Crippen molar-refractivity contribution in [2.45, 2.75) is 31.8 Å². The lowest BCUT2D eigenvalue weighted by Gasteiger charge is -2.27. The minimum Gasteiger partial charge on any atom is -0.497 e. The van der Waals surface area contributed by atoms with Gasteiger partial charge in [0.25, 0.3) is 0 Å². The van der Waals surface area contributed by atoms with Crippen molar-refractivity contribution in [1.29, 1.82) is 0 Å². The number of halogens is 1. The molecule has 2 atom stereocenters. The molecule has 1 aromatic rings. The van der Waals surface area contributed by atoms with Crippen LogP contribution in [-0.4, -0.2) is 31.1 Å². The summed E-state index contributed by atoms with van der Waals surface area (Å²) >= 11 is 3.64. The topological polar surface area (TPSA) is 38.5 Å². The molecule has 1 aromatic carbocycles. The molecule has 4 heteroatoms. The summed E-state index contributed by atoms with van der Waals surface area (Å²) in [6.07, 6.45) is 2.22. The maximum Gasteiger partial charge on any atom is 0.119 e. The van der Waals surface area contributed by atoms with Crippen molar-refractivity contribution in [3.8, 4) is 5.75 Å². The number of benzene rings is 1. The van der Waals surface area contributed by atoms with Gasteiger partial charge in [-0.2, -0.15) is 0 Å². The van der Waals surface area contributed by atoms with Gasteiger partial charge in [-0.15, -0.1) is 0 Å². The SMILES string of the molecule is CCCN1CCC(N)C1c1cc(OC)ccc1Br. The molecule has 100 valence electrons. The fourth-order valence-electron chi connectivity index (χ4n) is 2.72. The van der Waals surface area contributed by atoms with E-state index in [0.29, 0.717) is 6.04 Å². The van der Waals surface area contributed by atoms with Crippen LogP contribution < -0.4 is 10.5 Å². The Hall–Kier alpha value is -0.580. The number of nitrogens with two attached hydrogens (primary N) is 1. The maximum atomic E-state index is 6.29. The van der Waals surface area contributed by atoms with Gasteiger partial charge in [-0.25, -0.2) is 0 Å². The Bertz CT molecular complexity index is 409. The summed E-state index contributed by atoms with van der Waals surface area (Å²) in [5.41, 5.74) is 7.53. The van der Waals surface area contributed by atoms with E-state index in [0.717, 1.165) is 36.2 Å². The lowest BCUT2D eigenvalue weighted by Crippen LogP contribution is -2.32. The third kappa shape index (κ3) is 2.71. The van der Waals surface area contributed by atoms with Crippen LogP contribution in [0, 0.1) is 0 Å². The number of likely N-dealkylation sites (tertiary alicyclic amines) is 1. The van der Waals surface area contributed by atoms with Gasteiger partial charge in [0.1, 0.15) is 5.75 Å². The number of rotatable bonds is 4. The largest absolute Gasteiger partial charge is 0.497 e. The summed E-state index contributed by atoms with van der Waals surface area (Å²) in [5.74, 6) is 0.892. The summed E-state index contributed by atoms with van der Waals surface area (Å²) in [6, 6.07) is 6.62. The van der Waals surface area contributed by atoms with E-state index >= 15 is 0 Å². The Balaban J connectivity index is 2.32. The molecule has 0 amide bonds. The zero-order valence-electron chi connectivity index (χ0n) is 11.0. The Morgan fingerprint density at radius 1 is 1.50 bits per heavy atom. The molecule has 1 fully saturated rings. The zero-order valence-corrected chi connectivity index (χ0v) is 12.6. The van der Waals surface area contributed by atoms with Gasteiger partial charge in [0, 0.05) is 17.1 Å². The van der Waals surface area contributed by atoms with Crippen LogP contribution in [0.25, 0.3) is 0 Å². The lowest BCUT2D eigenvalue weighted by atomic mass is 10.0. The molecule has 0 saturated carbocycles. The summed E-state index contributed by atoms with van der Waals surface area (Å²) in [7, 11) is 1.70. The molecule has 2 unspecified atom stereocenters. The summed E-state index contributed by atoms with van der Waals surface area (Å²) in [4.78, 5) is 2.48. The van der Waals surface area contributed by atoms with Gasteiger partial charge in [-0.1, -0.05) is 22.9 Å². The van der Waals surface area contributed by atoms with Crippen LogP contribution in [0.4, 0.5) is 0 Å². The average molecular weight is 313 g/mol. The second-order valence-electron chi connectivity index (χ2n) is 4.82. The highest BCUT2D eigenvalue weighted by molar-refractivity contribution is 9.10. The van der Waals surface area contributed by atoms with E-state index in [1.807, 2.05) is 12.1 Å². The summed E-state index contributed by atoms with van der Waals surface area (Å²) in [6.45, 7) is 4.40. The van der Waals surface area contributed by atoms with Crippen molar-refractivity contribution in [2.75, 3.05) is 20.2 Å². The van der Waals surface area contributed by atoms with Gasteiger partial charge in [0.2, 0.25) is 0 Å². The number of ether oxygens (including phenoxy) is 1. The van der Waals surface area contributed by atoms with Crippen LogP contribution in [0.5, 0.6) is 5.75 Å². The summed E-state index contributed by atoms with van der Waals surface area (Å²) < 4.78 is 6.44. The highest BCUT2D eigenvalue weighted by Crippen LogP contribution is 2.37. The van der Waals surface area contributed by atoms with Crippen molar-refractivity contribution in [3.63, 3.8) is 0 Å². The molecular formula is C14H21BrN2O. The predicted octanol–water partition coefficient (Wildman–Crippen LogP) is 2.94. The average Bonchev–Trinajstić information content (AvgIpc) is 2.72. The van der Waals surface area contributed by atoms with Crippen molar-refractivity contribution >= 4 is 15.9 Å². The fraction of sp³-hybridized carbons (Fsp3) is 0.571. The van der Waals surface area contributed by atoms with Gasteiger partial charge < -0.3 is 10.5 Å². The van der Waals surface area contributed by atoms with E-state index in [1.54, 1.807) is 7.11 Å². The lowest BCUT2D eigenvalue weighted by molar-refractivity contribution is 0.247. The Labute approximate surface area is 117 Å². The Morgan fingerprint density at radius 2 is 2.28 bits per heavy atom. The molecule has 1 aliphatic heterocycles. The highest BCUT2D eigenvalue weighted by Gasteiger charge is 2.33. The smallest absolute Gasteiger partial charge is 0.119 e. The second-order valence-corrected chi connectivity index (χ2v) is 5.68. The van der Waals surface area contributed by atoms with E-state index in [-0.39, 0.29) is 6.04 Å². The van der Waals surface area contributed by atoms with Crippen molar-refractivity contribution in [3.05, 3.63) is 28.2 Å². The van der Waals surface area contributed by atoms with Crippen molar-refractivity contribution in [1.82, 2.24) is 4.90 Å². The molecule has 18 heavy (non-hydrogen) atoms. The van der Waals surface area contributed by atoms with Gasteiger partial charge >= 0.3 is 0 Å². The number of hydrogen-bond donors (Lipinski definition) is 1. The molecule has 0 aromatic heterocycles. The molecule has 0 spiro atoms. The maximum absolute atomic E-state index is 6.29. The molecule has 2 rings (SSSR count). The van der Waals surface area contributed by atoms with Crippen molar-refractivity contribution in [2.24, 2.45) is 5.73 Å². The van der Waals surface area contributed by atoms with E-state index in [4.69, 9.17) is 10.5 Å². The quantitative estimate of drug-likeness (QED) is 0.929. The predicted molar refractivity (Wildman–Crippen MR) is 77.9 cm³/mol. The molecule has 1 heterocycles. The molecule has 2 N–H and O–H groups in total. The minimum atomic E-state index is 0.208. The first-order valence-electron chi connectivity index (χ1n) is 6.50. The van der Waals surface area contributed by atoms with Gasteiger partial charge in [0.15, 0.2) is 0 Å².